The first-order valence-electron chi connectivity index (χ1n) is 12.3. The summed E-state index contributed by atoms with van der Waals surface area (Å²) in [5, 5.41) is 7.82. The lowest BCUT2D eigenvalue weighted by molar-refractivity contribution is -0.130. The van der Waals surface area contributed by atoms with Crippen LogP contribution in [0.4, 0.5) is 0 Å². The molecule has 0 bridgehead atoms. The van der Waals surface area contributed by atoms with E-state index in [1.165, 1.54) is 4.68 Å². The second-order valence-electron chi connectivity index (χ2n) is 9.08. The van der Waals surface area contributed by atoms with Gasteiger partial charge in [0.05, 0.1) is 5.39 Å². The van der Waals surface area contributed by atoms with E-state index in [4.69, 9.17) is 0 Å². The molecule has 0 radical (unpaired) electrons. The molecule has 3 N–H and O–H groups in total. The van der Waals surface area contributed by atoms with E-state index in [0.29, 0.717) is 22.9 Å². The third-order valence-corrected chi connectivity index (χ3v) is 5.65. The molecule has 2 aromatic carbocycles. The molecule has 0 aliphatic rings. The van der Waals surface area contributed by atoms with Crippen LogP contribution in [-0.4, -0.2) is 27.5 Å². The Kier molecular flexibility index (Phi) is 9.32. The molecule has 3 rings (SSSR count). The normalized spacial score (nSPS) is 11.8. The Bertz CT molecular complexity index is 1270. The van der Waals surface area contributed by atoms with Gasteiger partial charge in [0.1, 0.15) is 6.04 Å². The zero-order valence-corrected chi connectivity index (χ0v) is 20.9. The number of unbranched alkanes of at least 4 members (excludes halogenated alkanes) is 2. The van der Waals surface area contributed by atoms with Crippen LogP contribution in [0.2, 0.25) is 0 Å². The zero-order valence-electron chi connectivity index (χ0n) is 20.9. The van der Waals surface area contributed by atoms with Crippen molar-refractivity contribution in [3.05, 3.63) is 76.2 Å². The highest BCUT2D eigenvalue weighted by molar-refractivity contribution is 6.05. The minimum absolute atomic E-state index is 0.0297. The number of aromatic nitrogens is 2. The smallest absolute Gasteiger partial charge is 0.290 e. The first-order chi connectivity index (χ1) is 17.3. The Morgan fingerprint density at radius 3 is 2.25 bits per heavy atom. The summed E-state index contributed by atoms with van der Waals surface area (Å²) in [6, 6.07) is 14.5. The van der Waals surface area contributed by atoms with Crippen LogP contribution in [-0.2, 0) is 16.1 Å². The molecule has 0 saturated carbocycles. The van der Waals surface area contributed by atoms with Crippen LogP contribution < -0.4 is 21.7 Å². The number of carbonyl (C=O) groups excluding carboxylic acids is 3. The van der Waals surface area contributed by atoms with Gasteiger partial charge in [-0.25, -0.2) is 4.68 Å². The van der Waals surface area contributed by atoms with Gasteiger partial charge in [0.2, 0.25) is 5.91 Å². The maximum Gasteiger partial charge on any atom is 0.290 e. The molecule has 3 aromatic rings. The third-order valence-electron chi connectivity index (χ3n) is 5.65. The molecule has 1 unspecified atom stereocenters. The molecule has 1 aromatic heterocycles. The van der Waals surface area contributed by atoms with Gasteiger partial charge < -0.3 is 5.32 Å². The number of hydrazine groups is 1. The Hall–Kier alpha value is -4.01. The monoisotopic (exact) mass is 491 g/mol. The molecule has 1 heterocycles. The van der Waals surface area contributed by atoms with Crippen molar-refractivity contribution in [1.82, 2.24) is 25.9 Å². The van der Waals surface area contributed by atoms with Crippen LogP contribution in [0.3, 0.4) is 0 Å². The van der Waals surface area contributed by atoms with Gasteiger partial charge in [0.15, 0.2) is 5.69 Å². The number of aryl methyl sites for hydroxylation is 1. The molecular formula is C27H33N5O4. The highest BCUT2D eigenvalue weighted by atomic mass is 16.2. The van der Waals surface area contributed by atoms with Crippen molar-refractivity contribution in [1.29, 1.82) is 0 Å². The highest BCUT2D eigenvalue weighted by Crippen LogP contribution is 2.15. The molecule has 9 heteroatoms. The third kappa shape index (κ3) is 6.78. The lowest BCUT2D eigenvalue weighted by Gasteiger charge is -2.20. The summed E-state index contributed by atoms with van der Waals surface area (Å²) in [6.45, 7) is 6.28. The van der Waals surface area contributed by atoms with Crippen molar-refractivity contribution < 1.29 is 14.4 Å². The van der Waals surface area contributed by atoms with E-state index in [1.807, 2.05) is 19.9 Å². The number of nitrogens with zero attached hydrogens (tertiary/aromatic N) is 2. The van der Waals surface area contributed by atoms with Crippen molar-refractivity contribution in [2.45, 2.75) is 59.0 Å². The van der Waals surface area contributed by atoms with E-state index in [1.54, 1.807) is 48.5 Å². The molecule has 0 fully saturated rings. The number of fused-ring (bicyclic) bond motifs is 1. The second kappa shape index (κ2) is 12.6. The first-order valence-corrected chi connectivity index (χ1v) is 12.3. The van der Waals surface area contributed by atoms with Gasteiger partial charge in [-0.3, -0.25) is 30.0 Å². The molecule has 9 nitrogen and oxygen atoms in total. The predicted octanol–water partition coefficient (Wildman–Crippen LogP) is 3.25. The van der Waals surface area contributed by atoms with Gasteiger partial charge in [0.25, 0.3) is 17.4 Å². The molecule has 0 aliphatic heterocycles. The Morgan fingerprint density at radius 2 is 1.58 bits per heavy atom. The molecule has 0 aliphatic carbocycles. The van der Waals surface area contributed by atoms with Crippen LogP contribution in [0.1, 0.15) is 68.5 Å². The SMILES string of the molecule is CCCCCn1nc(C(=O)NNC(=O)C(NC(=O)CC(C)C)c2ccccc2)c2ccccc2c1=O. The summed E-state index contributed by atoms with van der Waals surface area (Å²) in [5.41, 5.74) is 5.15. The minimum Gasteiger partial charge on any atom is -0.340 e. The minimum atomic E-state index is -0.995. The van der Waals surface area contributed by atoms with Crippen molar-refractivity contribution in [2.24, 2.45) is 5.92 Å². The van der Waals surface area contributed by atoms with Gasteiger partial charge in [-0.2, -0.15) is 5.10 Å². The van der Waals surface area contributed by atoms with Crippen LogP contribution in [0, 0.1) is 5.92 Å². The van der Waals surface area contributed by atoms with Gasteiger partial charge in [0, 0.05) is 18.4 Å². The zero-order chi connectivity index (χ0) is 26.1. The molecule has 1 atom stereocenters. The van der Waals surface area contributed by atoms with E-state index >= 15 is 0 Å². The standard InChI is InChI=1S/C27H33N5O4/c1-4-5-11-16-32-27(36)21-15-10-9-14-20(21)24(31-32)26(35)30-29-25(34)23(19-12-7-6-8-13-19)28-22(33)17-18(2)3/h6-10,12-15,18,23H,4-5,11,16-17H2,1-3H3,(H,28,33)(H,29,34)(H,30,35). The quantitative estimate of drug-likeness (QED) is 0.297. The largest absolute Gasteiger partial charge is 0.340 e. The molecule has 36 heavy (non-hydrogen) atoms. The highest BCUT2D eigenvalue weighted by Gasteiger charge is 2.24. The summed E-state index contributed by atoms with van der Waals surface area (Å²) in [6.07, 6.45) is 2.94. The lowest BCUT2D eigenvalue weighted by Crippen LogP contribution is -2.48. The summed E-state index contributed by atoms with van der Waals surface area (Å²) < 4.78 is 1.30. The van der Waals surface area contributed by atoms with E-state index in [9.17, 15) is 19.2 Å². The fourth-order valence-corrected chi connectivity index (χ4v) is 3.85. The summed E-state index contributed by atoms with van der Waals surface area (Å²) in [5.74, 6) is -1.42. The van der Waals surface area contributed by atoms with E-state index < -0.39 is 17.9 Å². The summed E-state index contributed by atoms with van der Waals surface area (Å²) in [7, 11) is 0. The first kappa shape index (κ1) is 26.6. The number of nitrogens with one attached hydrogen (secondary N) is 3. The van der Waals surface area contributed by atoms with Crippen LogP contribution in [0.5, 0.6) is 0 Å². The molecular weight excluding hydrogens is 458 g/mol. The maximum atomic E-state index is 13.1. The topological polar surface area (TPSA) is 122 Å². The average Bonchev–Trinajstić information content (AvgIpc) is 2.87. The number of hydrogen-bond acceptors (Lipinski definition) is 5. The number of benzene rings is 2. The summed E-state index contributed by atoms with van der Waals surface area (Å²) >= 11 is 0. The Labute approximate surface area is 210 Å². The van der Waals surface area contributed by atoms with E-state index in [2.05, 4.69) is 28.2 Å². The van der Waals surface area contributed by atoms with Crippen LogP contribution >= 0.6 is 0 Å². The maximum absolute atomic E-state index is 13.1. The summed E-state index contributed by atoms with van der Waals surface area (Å²) in [4.78, 5) is 51.4. The molecule has 190 valence electrons. The van der Waals surface area contributed by atoms with E-state index in [-0.39, 0.29) is 29.5 Å². The average molecular weight is 492 g/mol. The van der Waals surface area contributed by atoms with Crippen LogP contribution in [0.25, 0.3) is 10.8 Å². The fourth-order valence-electron chi connectivity index (χ4n) is 3.85. The van der Waals surface area contributed by atoms with Crippen molar-refractivity contribution in [3.8, 4) is 0 Å². The van der Waals surface area contributed by atoms with Crippen LogP contribution in [0.15, 0.2) is 59.4 Å². The van der Waals surface area contributed by atoms with Crippen molar-refractivity contribution in [2.75, 3.05) is 0 Å². The molecule has 0 saturated heterocycles. The Morgan fingerprint density at radius 1 is 0.917 bits per heavy atom. The number of hydrogen-bond donors (Lipinski definition) is 3. The number of rotatable bonds is 10. The molecule has 0 spiro atoms. The van der Waals surface area contributed by atoms with Gasteiger partial charge in [-0.1, -0.05) is 82.1 Å². The number of amides is 3. The number of carbonyl (C=O) groups is 3. The van der Waals surface area contributed by atoms with Gasteiger partial charge in [-0.05, 0) is 24.0 Å². The van der Waals surface area contributed by atoms with Crippen molar-refractivity contribution in [3.63, 3.8) is 0 Å². The molecule has 3 amide bonds. The second-order valence-corrected chi connectivity index (χ2v) is 9.08. The fraction of sp³-hybridized carbons (Fsp3) is 0.370. The Balaban J connectivity index is 1.82. The predicted molar refractivity (Wildman–Crippen MR) is 138 cm³/mol. The van der Waals surface area contributed by atoms with Gasteiger partial charge >= 0.3 is 0 Å². The lowest BCUT2D eigenvalue weighted by atomic mass is 10.0. The van der Waals surface area contributed by atoms with E-state index in [0.717, 1.165) is 19.3 Å². The van der Waals surface area contributed by atoms with Crippen molar-refractivity contribution >= 4 is 28.5 Å². The van der Waals surface area contributed by atoms with Gasteiger partial charge in [-0.15, -0.1) is 0 Å².